The predicted molar refractivity (Wildman–Crippen MR) is 64.1 cm³/mol. The van der Waals surface area contributed by atoms with Gasteiger partial charge in [0.2, 0.25) is 0 Å². The topological polar surface area (TPSA) is 75.5 Å². The summed E-state index contributed by atoms with van der Waals surface area (Å²) in [6, 6.07) is -0.179. The summed E-state index contributed by atoms with van der Waals surface area (Å²) in [6.07, 6.45) is 0.292. The van der Waals surface area contributed by atoms with Gasteiger partial charge >= 0.3 is 11.7 Å². The van der Waals surface area contributed by atoms with Crippen molar-refractivity contribution < 1.29 is 14.1 Å². The van der Waals surface area contributed by atoms with Gasteiger partial charge in [0.25, 0.3) is 0 Å². The second kappa shape index (κ2) is 4.19. The van der Waals surface area contributed by atoms with E-state index in [9.17, 15) is 9.59 Å². The number of H-pyrrole nitrogens is 1. The van der Waals surface area contributed by atoms with E-state index in [0.717, 1.165) is 0 Å². The van der Waals surface area contributed by atoms with Crippen molar-refractivity contribution in [2.75, 3.05) is 0 Å². The normalized spacial score (nSPS) is 18.9. The van der Waals surface area contributed by atoms with Crippen LogP contribution in [0.1, 0.15) is 51.4 Å². The molecule has 0 aliphatic carbocycles. The van der Waals surface area contributed by atoms with Crippen molar-refractivity contribution in [2.45, 2.75) is 52.3 Å². The molecule has 6 heteroatoms. The van der Waals surface area contributed by atoms with Gasteiger partial charge in [0.15, 0.2) is 0 Å². The summed E-state index contributed by atoms with van der Waals surface area (Å²) < 4.78 is 10.1. The van der Waals surface area contributed by atoms with Crippen LogP contribution in [0.5, 0.6) is 0 Å². The molecule has 1 amide bonds. The molecule has 1 aliphatic heterocycles. The Morgan fingerprint density at radius 3 is 2.78 bits per heavy atom. The van der Waals surface area contributed by atoms with Crippen molar-refractivity contribution in [3.63, 3.8) is 0 Å². The fraction of sp³-hybridized carbons (Fsp3) is 0.667. The highest BCUT2D eigenvalue weighted by Gasteiger charge is 2.38. The molecule has 0 saturated heterocycles. The number of amides is 1. The van der Waals surface area contributed by atoms with E-state index in [1.807, 2.05) is 27.7 Å². The molecule has 2 rings (SSSR count). The Labute approximate surface area is 105 Å². The molecule has 1 atom stereocenters. The van der Waals surface area contributed by atoms with E-state index >= 15 is 0 Å². The summed E-state index contributed by atoms with van der Waals surface area (Å²) in [5.41, 5.74) is 0.256. The van der Waals surface area contributed by atoms with E-state index in [-0.39, 0.29) is 12.6 Å². The van der Waals surface area contributed by atoms with E-state index in [1.54, 1.807) is 4.90 Å². The highest BCUT2D eigenvalue weighted by molar-refractivity contribution is 5.70. The Kier molecular flexibility index (Phi) is 2.96. The molecule has 1 aromatic rings. The minimum atomic E-state index is -0.545. The van der Waals surface area contributed by atoms with E-state index in [2.05, 4.69) is 5.16 Å². The molecule has 0 radical (unpaired) electrons. The van der Waals surface area contributed by atoms with Crippen LogP contribution >= 0.6 is 0 Å². The van der Waals surface area contributed by atoms with Gasteiger partial charge in [-0.2, -0.15) is 0 Å². The number of hydrogen-bond acceptors (Lipinski definition) is 4. The number of aromatic nitrogens is 1. The third kappa shape index (κ3) is 2.14. The second-order valence-corrected chi connectivity index (χ2v) is 5.42. The largest absolute Gasteiger partial charge is 0.444 e. The molecule has 1 unspecified atom stereocenters. The maximum atomic E-state index is 12.1. The van der Waals surface area contributed by atoms with Crippen LogP contribution in [0, 0.1) is 0 Å². The van der Waals surface area contributed by atoms with Crippen LogP contribution in [-0.2, 0) is 11.3 Å². The van der Waals surface area contributed by atoms with Crippen LogP contribution in [0.4, 0.5) is 4.79 Å². The van der Waals surface area contributed by atoms with Crippen LogP contribution in [0.3, 0.4) is 0 Å². The number of fused-ring (bicyclic) bond motifs is 1. The van der Waals surface area contributed by atoms with Gasteiger partial charge < -0.3 is 9.26 Å². The van der Waals surface area contributed by atoms with Crippen LogP contribution in [0.2, 0.25) is 0 Å². The highest BCUT2D eigenvalue weighted by Crippen LogP contribution is 2.34. The second-order valence-electron chi connectivity index (χ2n) is 5.42. The molecule has 0 saturated carbocycles. The van der Waals surface area contributed by atoms with Crippen molar-refractivity contribution in [1.82, 2.24) is 10.1 Å². The minimum Gasteiger partial charge on any atom is -0.444 e. The lowest BCUT2D eigenvalue weighted by atomic mass is 10.1. The summed E-state index contributed by atoms with van der Waals surface area (Å²) >= 11 is 0. The highest BCUT2D eigenvalue weighted by atomic mass is 16.6. The molecule has 0 bridgehead atoms. The average Bonchev–Trinajstić information content (AvgIpc) is 2.76. The standard InChI is InChI=1S/C12H18N2O4/c1-5-8-9-7(10(15)18-13-9)6-14(8)11(16)17-12(2,3)4/h8,13H,5-6H2,1-4H3. The summed E-state index contributed by atoms with van der Waals surface area (Å²) in [5, 5.41) is 2.60. The zero-order chi connectivity index (χ0) is 13.5. The van der Waals surface area contributed by atoms with Gasteiger partial charge in [0.1, 0.15) is 5.60 Å². The monoisotopic (exact) mass is 254 g/mol. The van der Waals surface area contributed by atoms with E-state index in [4.69, 9.17) is 9.26 Å². The van der Waals surface area contributed by atoms with Gasteiger partial charge in [-0.05, 0) is 27.2 Å². The Morgan fingerprint density at radius 1 is 1.56 bits per heavy atom. The first-order valence-electron chi connectivity index (χ1n) is 6.03. The molecule has 1 N–H and O–H groups in total. The minimum absolute atomic E-state index is 0.179. The van der Waals surface area contributed by atoms with Crippen LogP contribution in [-0.4, -0.2) is 21.8 Å². The summed E-state index contributed by atoms with van der Waals surface area (Å²) in [5.74, 6) is 0. The first kappa shape index (κ1) is 12.7. The van der Waals surface area contributed by atoms with Gasteiger partial charge in [-0.25, -0.2) is 14.7 Å². The van der Waals surface area contributed by atoms with Crippen LogP contribution in [0.15, 0.2) is 9.32 Å². The number of hydrogen-bond donors (Lipinski definition) is 1. The third-order valence-corrected chi connectivity index (χ3v) is 2.88. The number of aromatic amines is 1. The molecule has 100 valence electrons. The number of nitrogens with zero attached hydrogens (tertiary/aromatic N) is 1. The zero-order valence-corrected chi connectivity index (χ0v) is 11.1. The number of rotatable bonds is 1. The Balaban J connectivity index is 2.22. The van der Waals surface area contributed by atoms with E-state index in [0.29, 0.717) is 17.7 Å². The lowest BCUT2D eigenvalue weighted by molar-refractivity contribution is 0.0159. The summed E-state index contributed by atoms with van der Waals surface area (Å²) in [6.45, 7) is 7.64. The Morgan fingerprint density at radius 2 is 2.22 bits per heavy atom. The summed E-state index contributed by atoms with van der Waals surface area (Å²) in [7, 11) is 0. The zero-order valence-electron chi connectivity index (χ0n) is 11.1. The molecule has 1 aromatic heterocycles. The first-order valence-corrected chi connectivity index (χ1v) is 6.03. The fourth-order valence-corrected chi connectivity index (χ4v) is 2.13. The van der Waals surface area contributed by atoms with Gasteiger partial charge in [0, 0.05) is 0 Å². The van der Waals surface area contributed by atoms with Crippen LogP contribution in [0.25, 0.3) is 0 Å². The van der Waals surface area contributed by atoms with Crippen molar-refractivity contribution in [3.8, 4) is 0 Å². The number of ether oxygens (including phenoxy) is 1. The maximum Gasteiger partial charge on any atom is 0.411 e. The van der Waals surface area contributed by atoms with Crippen LogP contribution < -0.4 is 5.63 Å². The Hall–Kier alpha value is -1.72. The smallest absolute Gasteiger partial charge is 0.411 e. The van der Waals surface area contributed by atoms with Gasteiger partial charge in [0.05, 0.1) is 23.8 Å². The molecule has 1 aliphatic rings. The molecule has 0 fully saturated rings. The maximum absolute atomic E-state index is 12.1. The predicted octanol–water partition coefficient (Wildman–Crippen LogP) is 2.17. The van der Waals surface area contributed by atoms with Gasteiger partial charge in [-0.3, -0.25) is 4.90 Å². The van der Waals surface area contributed by atoms with Crippen molar-refractivity contribution >= 4 is 6.09 Å². The summed E-state index contributed by atoms with van der Waals surface area (Å²) in [4.78, 5) is 25.1. The fourth-order valence-electron chi connectivity index (χ4n) is 2.13. The van der Waals surface area contributed by atoms with E-state index < -0.39 is 17.3 Å². The van der Waals surface area contributed by atoms with Crippen molar-refractivity contribution in [3.05, 3.63) is 21.7 Å². The Bertz CT molecular complexity index is 509. The molecular formula is C12H18N2O4. The lowest BCUT2D eigenvalue weighted by Crippen LogP contribution is -2.36. The molecule has 6 nitrogen and oxygen atoms in total. The number of nitrogens with one attached hydrogen (secondary N) is 1. The quantitative estimate of drug-likeness (QED) is 0.833. The van der Waals surface area contributed by atoms with Crippen molar-refractivity contribution in [2.24, 2.45) is 0 Å². The van der Waals surface area contributed by atoms with Gasteiger partial charge in [-0.1, -0.05) is 6.92 Å². The molecule has 18 heavy (non-hydrogen) atoms. The third-order valence-electron chi connectivity index (χ3n) is 2.88. The first-order chi connectivity index (χ1) is 8.33. The SMILES string of the molecule is CCC1c2[nH]oc(=O)c2CN1C(=O)OC(C)(C)C. The lowest BCUT2D eigenvalue weighted by Gasteiger charge is -2.28. The average molecular weight is 254 g/mol. The van der Waals surface area contributed by atoms with Gasteiger partial charge in [-0.15, -0.1) is 0 Å². The van der Waals surface area contributed by atoms with Crippen molar-refractivity contribution in [1.29, 1.82) is 0 Å². The molecule has 2 heterocycles. The number of carbonyl (C=O) groups is 1. The molecule has 0 spiro atoms. The number of carbonyl (C=O) groups excluding carboxylic acids is 1. The van der Waals surface area contributed by atoms with E-state index in [1.165, 1.54) is 0 Å². The molecule has 0 aromatic carbocycles. The molecular weight excluding hydrogens is 236 g/mol.